The number of rotatable bonds is 13. The molecule has 2 N–H and O–H groups in total. The molecular weight excluding hydrogens is 701 g/mol. The first-order valence-electron chi connectivity index (χ1n) is 17.1. The van der Waals surface area contributed by atoms with E-state index in [9.17, 15) is 27.6 Å². The number of piperidine rings is 1. The van der Waals surface area contributed by atoms with E-state index >= 15 is 4.39 Å². The molecule has 14 heteroatoms. The molecule has 0 bridgehead atoms. The molecule has 2 aliphatic rings. The van der Waals surface area contributed by atoms with E-state index in [-0.39, 0.29) is 43.8 Å². The van der Waals surface area contributed by atoms with E-state index in [1.54, 1.807) is 42.1 Å². The minimum absolute atomic E-state index is 0.0931. The van der Waals surface area contributed by atoms with Gasteiger partial charge < -0.3 is 15.2 Å². The first-order chi connectivity index (χ1) is 24.9. The van der Waals surface area contributed by atoms with Crippen molar-refractivity contribution in [2.24, 2.45) is 0 Å². The number of aliphatic carboxylic acids is 1. The number of halogens is 4. The van der Waals surface area contributed by atoms with Crippen molar-refractivity contribution in [1.82, 2.24) is 19.4 Å². The molecule has 1 aromatic heterocycles. The average Bonchev–Trinajstić information content (AvgIpc) is 3.49. The summed E-state index contributed by atoms with van der Waals surface area (Å²) in [4.78, 5) is 43.5. The van der Waals surface area contributed by atoms with Crippen molar-refractivity contribution in [3.63, 3.8) is 0 Å². The lowest BCUT2D eigenvalue weighted by atomic mass is 9.85. The van der Waals surface area contributed by atoms with Gasteiger partial charge in [0.15, 0.2) is 0 Å². The maximum Gasteiger partial charge on any atom is 0.416 e. The number of benzene rings is 3. The predicted molar refractivity (Wildman–Crippen MR) is 189 cm³/mol. The van der Waals surface area contributed by atoms with Crippen LogP contribution in [0.4, 0.5) is 17.6 Å². The smallest absolute Gasteiger partial charge is 0.416 e. The summed E-state index contributed by atoms with van der Waals surface area (Å²) >= 11 is 1.65. The van der Waals surface area contributed by atoms with Gasteiger partial charge in [0.25, 0.3) is 5.56 Å². The zero-order valence-electron chi connectivity index (χ0n) is 28.6. The van der Waals surface area contributed by atoms with E-state index in [4.69, 9.17) is 9.84 Å². The van der Waals surface area contributed by atoms with Crippen LogP contribution in [0.3, 0.4) is 0 Å². The Kier molecular flexibility index (Phi) is 11.4. The van der Waals surface area contributed by atoms with Gasteiger partial charge in [-0.2, -0.15) is 13.2 Å². The van der Waals surface area contributed by atoms with Crippen LogP contribution in [0.25, 0.3) is 0 Å². The average molecular weight is 741 g/mol. The third kappa shape index (κ3) is 8.04. The molecule has 1 atom stereocenters. The number of fused-ring (bicyclic) bond motifs is 2. The van der Waals surface area contributed by atoms with Crippen molar-refractivity contribution in [2.45, 2.75) is 74.6 Å². The number of carboxylic acids is 1. The van der Waals surface area contributed by atoms with Crippen molar-refractivity contribution in [2.75, 3.05) is 25.9 Å². The Balaban J connectivity index is 1.41. The lowest BCUT2D eigenvalue weighted by Gasteiger charge is -2.39. The molecule has 1 saturated heterocycles. The molecule has 1 fully saturated rings. The van der Waals surface area contributed by atoms with Crippen molar-refractivity contribution in [3.05, 3.63) is 133 Å². The van der Waals surface area contributed by atoms with Gasteiger partial charge in [0.05, 0.1) is 42.6 Å². The molecule has 276 valence electrons. The van der Waals surface area contributed by atoms with Crippen LogP contribution >= 0.6 is 11.8 Å². The molecule has 0 saturated carbocycles. The number of hydrogen-bond acceptors (Lipinski definition) is 7. The Hall–Kier alpha value is -4.24. The molecule has 4 aromatic rings. The lowest BCUT2D eigenvalue weighted by molar-refractivity contribution is -0.138. The van der Waals surface area contributed by atoms with Crippen LogP contribution in [0.5, 0.6) is 0 Å². The van der Waals surface area contributed by atoms with Gasteiger partial charge in [-0.3, -0.25) is 23.6 Å². The number of carboxylic acid groups (broad SMARTS) is 1. The van der Waals surface area contributed by atoms with Crippen molar-refractivity contribution < 1.29 is 32.2 Å². The van der Waals surface area contributed by atoms with Gasteiger partial charge in [-0.1, -0.05) is 48.5 Å². The first-order valence-corrected chi connectivity index (χ1v) is 18.3. The van der Waals surface area contributed by atoms with Gasteiger partial charge in [0.1, 0.15) is 11.4 Å². The summed E-state index contributed by atoms with van der Waals surface area (Å²) in [7, 11) is 0. The number of carbonyl (C=O) groups is 1. The normalized spacial score (nSPS) is 16.2. The number of hydrogen-bond donors (Lipinski definition) is 2. The molecule has 3 heterocycles. The maximum absolute atomic E-state index is 15.2. The topological polar surface area (TPSA) is 106 Å². The van der Waals surface area contributed by atoms with Crippen LogP contribution in [-0.4, -0.2) is 51.0 Å². The van der Waals surface area contributed by atoms with Crippen molar-refractivity contribution in [1.29, 1.82) is 0 Å². The third-order valence-electron chi connectivity index (χ3n) is 9.95. The lowest BCUT2D eigenvalue weighted by Crippen LogP contribution is -2.50. The maximum atomic E-state index is 15.2. The number of ether oxygens (including phenoxy) is 1. The first kappa shape index (κ1) is 37.5. The Morgan fingerprint density at radius 1 is 1.00 bits per heavy atom. The number of alkyl halides is 3. The van der Waals surface area contributed by atoms with Gasteiger partial charge in [-0.05, 0) is 67.5 Å². The highest BCUT2D eigenvalue weighted by Gasteiger charge is 2.47. The highest BCUT2D eigenvalue weighted by molar-refractivity contribution is 7.98. The standard InChI is InChI=1S/C38H40F4N4O5S/c1-52-27-11-5-8-25(20-27)21-44-18-15-37(16-19-44)34-32(24-51-37)45(22-28-29(38(40,41)42)12-6-13-30(28)39)36(50)46(35(34)49)23-31(26-9-3-2-4-10-26)43-17-7-14-33(47)48/h2-6,8-13,20,31,43H,7,14-19,21-24H2,1H3,(H,47,48). The molecule has 9 nitrogen and oxygen atoms in total. The Labute approximate surface area is 302 Å². The molecule has 0 radical (unpaired) electrons. The number of aromatic nitrogens is 2. The molecular formula is C38H40F4N4O5S. The predicted octanol–water partition coefficient (Wildman–Crippen LogP) is 6.16. The Morgan fingerprint density at radius 3 is 2.42 bits per heavy atom. The second-order valence-corrected chi connectivity index (χ2v) is 14.1. The van der Waals surface area contributed by atoms with Gasteiger partial charge >= 0.3 is 17.8 Å². The van der Waals surface area contributed by atoms with Crippen molar-refractivity contribution >= 4 is 17.7 Å². The van der Waals surface area contributed by atoms with Crippen LogP contribution < -0.4 is 16.6 Å². The molecule has 2 aliphatic heterocycles. The summed E-state index contributed by atoms with van der Waals surface area (Å²) in [6, 6.07) is 19.2. The fourth-order valence-electron chi connectivity index (χ4n) is 7.26. The van der Waals surface area contributed by atoms with Gasteiger partial charge in [0.2, 0.25) is 0 Å². The van der Waals surface area contributed by atoms with Gasteiger partial charge in [-0.15, -0.1) is 11.8 Å². The van der Waals surface area contributed by atoms with E-state index in [2.05, 4.69) is 22.3 Å². The summed E-state index contributed by atoms with van der Waals surface area (Å²) in [5.41, 5.74) is -2.30. The summed E-state index contributed by atoms with van der Waals surface area (Å²) in [6.07, 6.45) is -1.89. The van der Waals surface area contributed by atoms with Gasteiger partial charge in [0, 0.05) is 36.5 Å². The second kappa shape index (κ2) is 15.8. The SMILES string of the molecule is CSc1cccc(CN2CCC3(CC2)OCc2c3c(=O)n(CC(NCCCC(=O)O)c3ccccc3)c(=O)n2Cc2c(F)cccc2C(F)(F)F)c1. The van der Waals surface area contributed by atoms with E-state index < -0.39 is 58.5 Å². The van der Waals surface area contributed by atoms with Crippen LogP contribution in [0, 0.1) is 5.82 Å². The zero-order valence-corrected chi connectivity index (χ0v) is 29.4. The molecule has 1 unspecified atom stereocenters. The fraction of sp³-hybridized carbons (Fsp3) is 0.395. The number of nitrogens with one attached hydrogen (secondary N) is 1. The van der Waals surface area contributed by atoms with E-state index in [0.29, 0.717) is 32.5 Å². The second-order valence-electron chi connectivity index (χ2n) is 13.2. The molecule has 0 amide bonds. The monoisotopic (exact) mass is 740 g/mol. The van der Waals surface area contributed by atoms with Crippen molar-refractivity contribution in [3.8, 4) is 0 Å². The summed E-state index contributed by atoms with van der Waals surface area (Å²) in [5.74, 6) is -2.09. The molecule has 52 heavy (non-hydrogen) atoms. The largest absolute Gasteiger partial charge is 0.481 e. The van der Waals surface area contributed by atoms with E-state index in [1.807, 2.05) is 18.4 Å². The number of thioether (sulfide) groups is 1. The Morgan fingerprint density at radius 2 is 1.73 bits per heavy atom. The van der Waals surface area contributed by atoms with Crippen LogP contribution in [0.1, 0.15) is 65.2 Å². The minimum atomic E-state index is -4.89. The zero-order chi connectivity index (χ0) is 37.0. The van der Waals surface area contributed by atoms with Crippen LogP contribution in [0.2, 0.25) is 0 Å². The quantitative estimate of drug-likeness (QED) is 0.0956. The summed E-state index contributed by atoms with van der Waals surface area (Å²) < 4.78 is 66.1. The summed E-state index contributed by atoms with van der Waals surface area (Å²) in [5, 5.41) is 12.4. The minimum Gasteiger partial charge on any atom is -0.481 e. The van der Waals surface area contributed by atoms with E-state index in [0.717, 1.165) is 43.4 Å². The number of nitrogens with zero attached hydrogens (tertiary/aromatic N) is 3. The van der Waals surface area contributed by atoms with Gasteiger partial charge in [-0.25, -0.2) is 9.18 Å². The third-order valence-corrected chi connectivity index (χ3v) is 10.7. The molecule has 0 aliphatic carbocycles. The molecule has 3 aromatic carbocycles. The summed E-state index contributed by atoms with van der Waals surface area (Å²) in [6.45, 7) is 0.896. The highest BCUT2D eigenvalue weighted by Crippen LogP contribution is 2.43. The van der Waals surface area contributed by atoms with Crippen LogP contribution in [0.15, 0.2) is 87.3 Å². The van der Waals surface area contributed by atoms with Crippen LogP contribution in [-0.2, 0) is 47.5 Å². The molecule has 1 spiro atoms. The Bertz CT molecular complexity index is 2030. The number of likely N-dealkylation sites (tertiary alicyclic amines) is 1. The molecule has 6 rings (SSSR count). The fourth-order valence-corrected chi connectivity index (χ4v) is 7.75. The van der Waals surface area contributed by atoms with E-state index in [1.165, 1.54) is 0 Å². The highest BCUT2D eigenvalue weighted by atomic mass is 32.2.